The van der Waals surface area contributed by atoms with E-state index in [9.17, 15) is 10.2 Å². The smallest absolute Gasteiger partial charge is 0.169 e. The third-order valence-electron chi connectivity index (χ3n) is 4.16. The van der Waals surface area contributed by atoms with Gasteiger partial charge in [-0.2, -0.15) is 0 Å². The molecule has 0 unspecified atom stereocenters. The van der Waals surface area contributed by atoms with Crippen molar-refractivity contribution in [3.05, 3.63) is 48.0 Å². The molecule has 3 rings (SSSR count). The van der Waals surface area contributed by atoms with Gasteiger partial charge in [0.05, 0.1) is 0 Å². The highest BCUT2D eigenvalue weighted by molar-refractivity contribution is 5.50. The van der Waals surface area contributed by atoms with Crippen LogP contribution in [0.3, 0.4) is 0 Å². The van der Waals surface area contributed by atoms with Gasteiger partial charge in [-0.1, -0.05) is 43.5 Å². The SMILES string of the molecule is Oc1ccccc1Oc1cccc(C2CCCCC2)c1O. The minimum Gasteiger partial charge on any atom is -0.504 e. The zero-order chi connectivity index (χ0) is 14.7. The lowest BCUT2D eigenvalue weighted by molar-refractivity contribution is 0.372. The number of aromatic hydroxyl groups is 2. The molecule has 2 aromatic carbocycles. The number of rotatable bonds is 3. The summed E-state index contributed by atoms with van der Waals surface area (Å²) in [6.07, 6.45) is 5.95. The summed E-state index contributed by atoms with van der Waals surface area (Å²) in [5.74, 6) is 1.44. The summed E-state index contributed by atoms with van der Waals surface area (Å²) in [5, 5.41) is 20.3. The van der Waals surface area contributed by atoms with Crippen LogP contribution in [0.2, 0.25) is 0 Å². The van der Waals surface area contributed by atoms with Crippen LogP contribution < -0.4 is 4.74 Å². The first kappa shape index (κ1) is 13.8. The third-order valence-corrected chi connectivity index (χ3v) is 4.16. The molecule has 0 heterocycles. The van der Waals surface area contributed by atoms with Crippen LogP contribution in [0.4, 0.5) is 0 Å². The Balaban J connectivity index is 1.88. The Kier molecular flexibility index (Phi) is 4.00. The molecule has 1 aliphatic rings. The molecule has 21 heavy (non-hydrogen) atoms. The van der Waals surface area contributed by atoms with Gasteiger partial charge < -0.3 is 14.9 Å². The fraction of sp³-hybridized carbons (Fsp3) is 0.333. The van der Waals surface area contributed by atoms with E-state index >= 15 is 0 Å². The van der Waals surface area contributed by atoms with Crippen LogP contribution in [0.1, 0.15) is 43.6 Å². The highest BCUT2D eigenvalue weighted by Crippen LogP contribution is 2.43. The van der Waals surface area contributed by atoms with Gasteiger partial charge in [0.15, 0.2) is 23.0 Å². The molecule has 3 nitrogen and oxygen atoms in total. The van der Waals surface area contributed by atoms with E-state index in [1.807, 2.05) is 12.1 Å². The van der Waals surface area contributed by atoms with Crippen LogP contribution in [-0.4, -0.2) is 10.2 Å². The number of phenols is 2. The predicted octanol–water partition coefficient (Wildman–Crippen LogP) is 4.94. The number of hydrogen-bond donors (Lipinski definition) is 2. The maximum atomic E-state index is 10.5. The molecule has 0 atom stereocenters. The van der Waals surface area contributed by atoms with Gasteiger partial charge in [0.25, 0.3) is 0 Å². The quantitative estimate of drug-likeness (QED) is 0.839. The zero-order valence-electron chi connectivity index (χ0n) is 12.0. The minimum atomic E-state index is 0.0694. The maximum absolute atomic E-state index is 10.5. The molecule has 0 radical (unpaired) electrons. The fourth-order valence-corrected chi connectivity index (χ4v) is 3.03. The van der Waals surface area contributed by atoms with E-state index in [0.29, 0.717) is 17.4 Å². The first-order valence-electron chi connectivity index (χ1n) is 7.53. The fourth-order valence-electron chi connectivity index (χ4n) is 3.03. The van der Waals surface area contributed by atoms with Crippen molar-refractivity contribution in [1.29, 1.82) is 0 Å². The summed E-state index contributed by atoms with van der Waals surface area (Å²) in [7, 11) is 0. The van der Waals surface area contributed by atoms with Gasteiger partial charge in [-0.15, -0.1) is 0 Å². The second kappa shape index (κ2) is 6.08. The molecule has 1 saturated carbocycles. The van der Waals surface area contributed by atoms with Crippen molar-refractivity contribution in [3.63, 3.8) is 0 Å². The molecular formula is C18H20O3. The summed E-state index contributed by atoms with van der Waals surface area (Å²) < 4.78 is 5.67. The lowest BCUT2D eigenvalue weighted by atomic mass is 9.83. The highest BCUT2D eigenvalue weighted by atomic mass is 16.5. The molecule has 0 amide bonds. The average molecular weight is 284 g/mol. The van der Waals surface area contributed by atoms with Gasteiger partial charge >= 0.3 is 0 Å². The van der Waals surface area contributed by atoms with Gasteiger partial charge in [-0.3, -0.25) is 0 Å². The minimum absolute atomic E-state index is 0.0694. The number of hydrogen-bond acceptors (Lipinski definition) is 3. The van der Waals surface area contributed by atoms with Crippen molar-refractivity contribution in [2.75, 3.05) is 0 Å². The second-order valence-electron chi connectivity index (χ2n) is 5.60. The van der Waals surface area contributed by atoms with Gasteiger partial charge in [-0.05, 0) is 37.0 Å². The van der Waals surface area contributed by atoms with Crippen molar-refractivity contribution in [2.24, 2.45) is 0 Å². The summed E-state index contributed by atoms with van der Waals surface area (Å²) in [6.45, 7) is 0. The van der Waals surface area contributed by atoms with Gasteiger partial charge in [0.1, 0.15) is 0 Å². The monoisotopic (exact) mass is 284 g/mol. The molecule has 0 aliphatic heterocycles. The van der Waals surface area contributed by atoms with E-state index in [1.54, 1.807) is 30.3 Å². The maximum Gasteiger partial charge on any atom is 0.169 e. The standard InChI is InChI=1S/C18H20O3/c19-15-10-4-5-11-16(15)21-17-12-6-9-14(18(17)20)13-7-2-1-3-8-13/h4-6,9-13,19-20H,1-3,7-8H2. The predicted molar refractivity (Wildman–Crippen MR) is 82.1 cm³/mol. The van der Waals surface area contributed by atoms with Gasteiger partial charge in [0.2, 0.25) is 0 Å². The third kappa shape index (κ3) is 2.97. The van der Waals surface area contributed by atoms with Crippen LogP contribution in [0.5, 0.6) is 23.0 Å². The van der Waals surface area contributed by atoms with Crippen molar-refractivity contribution in [3.8, 4) is 23.0 Å². The van der Waals surface area contributed by atoms with Crippen molar-refractivity contribution >= 4 is 0 Å². The van der Waals surface area contributed by atoms with Crippen molar-refractivity contribution < 1.29 is 14.9 Å². The molecule has 3 heteroatoms. The van der Waals surface area contributed by atoms with Gasteiger partial charge in [-0.25, -0.2) is 0 Å². The Morgan fingerprint density at radius 2 is 1.52 bits per heavy atom. The first-order valence-corrected chi connectivity index (χ1v) is 7.53. The van der Waals surface area contributed by atoms with Crippen LogP contribution >= 0.6 is 0 Å². The summed E-state index contributed by atoms with van der Waals surface area (Å²) in [4.78, 5) is 0. The lowest BCUT2D eigenvalue weighted by Gasteiger charge is -2.23. The summed E-state index contributed by atoms with van der Waals surface area (Å²) >= 11 is 0. The van der Waals surface area contributed by atoms with E-state index in [1.165, 1.54) is 19.3 Å². The average Bonchev–Trinajstić information content (AvgIpc) is 2.52. The van der Waals surface area contributed by atoms with E-state index in [4.69, 9.17) is 4.74 Å². The molecule has 2 aromatic rings. The van der Waals surface area contributed by atoms with Crippen LogP contribution in [0.25, 0.3) is 0 Å². The molecule has 1 aliphatic carbocycles. The summed E-state index contributed by atoms with van der Waals surface area (Å²) in [6, 6.07) is 12.4. The first-order chi connectivity index (χ1) is 10.3. The van der Waals surface area contributed by atoms with Crippen molar-refractivity contribution in [2.45, 2.75) is 38.0 Å². The molecule has 1 fully saturated rings. The number of para-hydroxylation sites is 3. The largest absolute Gasteiger partial charge is 0.504 e. The van der Waals surface area contributed by atoms with E-state index in [-0.39, 0.29) is 11.5 Å². The highest BCUT2D eigenvalue weighted by Gasteiger charge is 2.20. The Hall–Kier alpha value is -2.16. The zero-order valence-corrected chi connectivity index (χ0v) is 12.0. The lowest BCUT2D eigenvalue weighted by Crippen LogP contribution is -2.05. The Labute approximate surface area is 124 Å². The van der Waals surface area contributed by atoms with E-state index < -0.39 is 0 Å². The van der Waals surface area contributed by atoms with Crippen LogP contribution in [0, 0.1) is 0 Å². The normalized spacial score (nSPS) is 15.8. The molecule has 0 bridgehead atoms. The number of ether oxygens (including phenoxy) is 1. The van der Waals surface area contributed by atoms with Crippen molar-refractivity contribution in [1.82, 2.24) is 0 Å². The molecule has 0 saturated heterocycles. The topological polar surface area (TPSA) is 49.7 Å². The number of phenolic OH excluding ortho intramolecular Hbond substituents is 2. The molecule has 0 spiro atoms. The molecule has 2 N–H and O–H groups in total. The Bertz CT molecular complexity index is 616. The number of benzene rings is 2. The van der Waals surface area contributed by atoms with Crippen LogP contribution in [0.15, 0.2) is 42.5 Å². The molecule has 110 valence electrons. The second-order valence-corrected chi connectivity index (χ2v) is 5.60. The van der Waals surface area contributed by atoms with E-state index in [0.717, 1.165) is 18.4 Å². The Morgan fingerprint density at radius 1 is 0.810 bits per heavy atom. The Morgan fingerprint density at radius 3 is 2.29 bits per heavy atom. The van der Waals surface area contributed by atoms with Crippen LogP contribution in [-0.2, 0) is 0 Å². The van der Waals surface area contributed by atoms with E-state index in [2.05, 4.69) is 0 Å². The summed E-state index contributed by atoms with van der Waals surface area (Å²) in [5.41, 5.74) is 0.961. The molecular weight excluding hydrogens is 264 g/mol. The van der Waals surface area contributed by atoms with Gasteiger partial charge in [0, 0.05) is 5.56 Å². The molecule has 0 aromatic heterocycles.